The lowest BCUT2D eigenvalue weighted by molar-refractivity contribution is 0.794. The van der Waals surface area contributed by atoms with Crippen LogP contribution >= 0.6 is 0 Å². The number of rotatable bonds is 6. The highest BCUT2D eigenvalue weighted by Crippen LogP contribution is 2.64. The van der Waals surface area contributed by atoms with Crippen LogP contribution in [0.2, 0.25) is 0 Å². The van der Waals surface area contributed by atoms with Crippen LogP contribution in [0, 0.1) is 0 Å². The van der Waals surface area contributed by atoms with Gasteiger partial charge in [0.1, 0.15) is 0 Å². The Morgan fingerprint density at radius 2 is 0.671 bits per heavy atom. The molecule has 1 nitrogen and oxygen atoms in total. The van der Waals surface area contributed by atoms with Crippen molar-refractivity contribution in [2.24, 2.45) is 0 Å². The van der Waals surface area contributed by atoms with Gasteiger partial charge in [0.05, 0.1) is 16.8 Å². The normalized spacial score (nSPS) is 12.8. The van der Waals surface area contributed by atoms with Crippen LogP contribution < -0.4 is 4.90 Å². The van der Waals surface area contributed by atoms with Gasteiger partial charge in [0, 0.05) is 16.8 Å². The van der Waals surface area contributed by atoms with Crippen LogP contribution in [0.15, 0.2) is 285 Å². The van der Waals surface area contributed by atoms with E-state index < -0.39 is 5.41 Å². The molecular formula is C75H47N. The summed E-state index contributed by atoms with van der Waals surface area (Å²) in [5.74, 6) is 0. The van der Waals surface area contributed by atoms with Crippen molar-refractivity contribution in [3.05, 3.63) is 307 Å². The molecule has 16 rings (SSSR count). The van der Waals surface area contributed by atoms with Gasteiger partial charge in [0.2, 0.25) is 0 Å². The summed E-state index contributed by atoms with van der Waals surface area (Å²) in [6.45, 7) is 0. The van der Waals surface area contributed by atoms with E-state index in [1.54, 1.807) is 0 Å². The van der Waals surface area contributed by atoms with E-state index in [2.05, 4.69) is 290 Å². The van der Waals surface area contributed by atoms with Gasteiger partial charge in [-0.3, -0.25) is 0 Å². The quantitative estimate of drug-likeness (QED) is 0.150. The monoisotopic (exact) mass is 961 g/mol. The first kappa shape index (κ1) is 42.7. The summed E-state index contributed by atoms with van der Waals surface area (Å²) in [7, 11) is 0. The van der Waals surface area contributed by atoms with Gasteiger partial charge < -0.3 is 4.90 Å². The zero-order valence-electron chi connectivity index (χ0n) is 41.6. The molecule has 0 heterocycles. The topological polar surface area (TPSA) is 3.24 Å². The van der Waals surface area contributed by atoms with E-state index >= 15 is 0 Å². The van der Waals surface area contributed by atoms with Gasteiger partial charge in [-0.05, 0) is 157 Å². The Morgan fingerprint density at radius 3 is 1.33 bits per heavy atom. The maximum absolute atomic E-state index is 2.58. The van der Waals surface area contributed by atoms with Crippen molar-refractivity contribution in [2.45, 2.75) is 5.41 Å². The Labute approximate surface area is 441 Å². The van der Waals surface area contributed by atoms with E-state index in [9.17, 15) is 0 Å². The molecule has 2 aliphatic carbocycles. The Morgan fingerprint density at radius 1 is 0.211 bits per heavy atom. The molecule has 0 fully saturated rings. The fourth-order valence-electron chi connectivity index (χ4n) is 13.5. The fourth-order valence-corrected chi connectivity index (χ4v) is 13.5. The molecule has 0 bridgehead atoms. The van der Waals surface area contributed by atoms with E-state index in [0.717, 1.165) is 39.3 Å². The first-order chi connectivity index (χ1) is 37.7. The highest BCUT2D eigenvalue weighted by molar-refractivity contribution is 6.26. The van der Waals surface area contributed by atoms with Crippen molar-refractivity contribution >= 4 is 70.9 Å². The first-order valence-corrected chi connectivity index (χ1v) is 26.5. The maximum Gasteiger partial charge on any atom is 0.0726 e. The van der Waals surface area contributed by atoms with Crippen LogP contribution in [0.4, 0.5) is 17.1 Å². The molecule has 1 heteroatoms. The average Bonchev–Trinajstić information content (AvgIpc) is 4.00. The highest BCUT2D eigenvalue weighted by atomic mass is 15.1. The zero-order chi connectivity index (χ0) is 49.9. The largest absolute Gasteiger partial charge is 0.309 e. The summed E-state index contributed by atoms with van der Waals surface area (Å²) in [4.78, 5) is 2.58. The summed E-state index contributed by atoms with van der Waals surface area (Å²) < 4.78 is 0. The zero-order valence-corrected chi connectivity index (χ0v) is 41.6. The SMILES string of the molecule is c1ccc(-c2ccccc2N(c2ccc3c4ccccc4c4ccccc4c3c2)c2cc3c(cc2-c2ccc(-c4ccc5ccc6ccccc6c5c4)cc2)-c2ccccc2C32c3ccccc3-c3ccccc32)cc1. The second-order valence-corrected chi connectivity index (χ2v) is 20.6. The third-order valence-electron chi connectivity index (χ3n) is 16.8. The summed E-state index contributed by atoms with van der Waals surface area (Å²) in [5, 5.41) is 12.6. The Hall–Kier alpha value is -9.82. The molecule has 0 saturated carbocycles. The Kier molecular flexibility index (Phi) is 9.32. The van der Waals surface area contributed by atoms with E-state index in [4.69, 9.17) is 0 Å². The lowest BCUT2D eigenvalue weighted by Crippen LogP contribution is -2.26. The number of para-hydroxylation sites is 1. The van der Waals surface area contributed by atoms with Crippen LogP contribution in [0.1, 0.15) is 22.3 Å². The van der Waals surface area contributed by atoms with Gasteiger partial charge in [-0.25, -0.2) is 0 Å². The lowest BCUT2D eigenvalue weighted by atomic mass is 9.70. The molecule has 76 heavy (non-hydrogen) atoms. The number of hydrogen-bond acceptors (Lipinski definition) is 1. The summed E-state index contributed by atoms with van der Waals surface area (Å²) in [5.41, 5.74) is 20.2. The molecule has 0 unspecified atom stereocenters. The maximum atomic E-state index is 2.58. The number of hydrogen-bond donors (Lipinski definition) is 0. The van der Waals surface area contributed by atoms with Crippen LogP contribution in [0.25, 0.3) is 109 Å². The third kappa shape index (κ3) is 6.15. The molecule has 0 N–H and O–H groups in total. The Bertz CT molecular complexity index is 4620. The number of nitrogens with zero attached hydrogens (tertiary/aromatic N) is 1. The van der Waals surface area contributed by atoms with Crippen LogP contribution in [-0.4, -0.2) is 0 Å². The molecule has 352 valence electrons. The smallest absolute Gasteiger partial charge is 0.0726 e. The van der Waals surface area contributed by atoms with Crippen molar-refractivity contribution < 1.29 is 0 Å². The van der Waals surface area contributed by atoms with Crippen molar-refractivity contribution in [1.29, 1.82) is 0 Å². The van der Waals surface area contributed by atoms with E-state index in [1.807, 2.05) is 0 Å². The van der Waals surface area contributed by atoms with Crippen molar-refractivity contribution in [2.75, 3.05) is 4.90 Å². The van der Waals surface area contributed by atoms with Gasteiger partial charge in [0.15, 0.2) is 0 Å². The molecule has 1 spiro atoms. The first-order valence-electron chi connectivity index (χ1n) is 26.5. The number of anilines is 3. The van der Waals surface area contributed by atoms with E-state index in [1.165, 1.54) is 109 Å². The van der Waals surface area contributed by atoms with Gasteiger partial charge >= 0.3 is 0 Å². The molecule has 0 aliphatic heterocycles. The van der Waals surface area contributed by atoms with Crippen molar-refractivity contribution in [3.8, 4) is 55.6 Å². The fraction of sp³-hybridized carbons (Fsp3) is 0.0133. The van der Waals surface area contributed by atoms with Crippen molar-refractivity contribution in [3.63, 3.8) is 0 Å². The summed E-state index contributed by atoms with van der Waals surface area (Å²) in [6, 6.07) is 107. The van der Waals surface area contributed by atoms with Gasteiger partial charge in [-0.2, -0.15) is 0 Å². The minimum atomic E-state index is -0.542. The minimum Gasteiger partial charge on any atom is -0.309 e. The molecule has 0 aromatic heterocycles. The summed E-state index contributed by atoms with van der Waals surface area (Å²) in [6.07, 6.45) is 0. The van der Waals surface area contributed by atoms with E-state index in [-0.39, 0.29) is 0 Å². The predicted molar refractivity (Wildman–Crippen MR) is 321 cm³/mol. The number of benzene rings is 14. The standard InChI is InChI=1S/C75H47N/c1-2-18-49(19-3-1)56-22-13-17-33-73(56)76(54-42-43-61-59-25-7-6-23-57(59)58-24-8-9-26-60(58)67(61)45-54)74-47-72-68(64-29-12-16-32-71(64)75(72)69-30-14-10-27-62(69)63-28-11-15-31-70(63)75)46-66(74)52-36-34-48(35-37-52)53-41-40-51-39-38-50-20-4-5-21-55(50)65(51)44-53/h1-47H. The second kappa shape index (κ2) is 16.6. The van der Waals surface area contributed by atoms with Crippen LogP contribution in [-0.2, 0) is 5.41 Å². The second-order valence-electron chi connectivity index (χ2n) is 20.6. The molecular weight excluding hydrogens is 915 g/mol. The lowest BCUT2D eigenvalue weighted by Gasteiger charge is -2.34. The molecule has 0 saturated heterocycles. The third-order valence-corrected chi connectivity index (χ3v) is 16.8. The molecule has 0 amide bonds. The van der Waals surface area contributed by atoms with Crippen LogP contribution in [0.3, 0.4) is 0 Å². The molecule has 14 aromatic rings. The van der Waals surface area contributed by atoms with Crippen LogP contribution in [0.5, 0.6) is 0 Å². The van der Waals surface area contributed by atoms with Crippen molar-refractivity contribution in [1.82, 2.24) is 0 Å². The molecule has 14 aromatic carbocycles. The van der Waals surface area contributed by atoms with Gasteiger partial charge in [-0.15, -0.1) is 0 Å². The number of fused-ring (bicyclic) bond motifs is 19. The average molecular weight is 962 g/mol. The molecule has 0 radical (unpaired) electrons. The molecule has 0 atom stereocenters. The van der Waals surface area contributed by atoms with E-state index in [0.29, 0.717) is 0 Å². The Balaban J connectivity index is 1.00. The van der Waals surface area contributed by atoms with Gasteiger partial charge in [-0.1, -0.05) is 249 Å². The minimum absolute atomic E-state index is 0.542. The molecule has 2 aliphatic rings. The van der Waals surface area contributed by atoms with Gasteiger partial charge in [0.25, 0.3) is 0 Å². The predicted octanol–water partition coefficient (Wildman–Crippen LogP) is 20.3. The highest BCUT2D eigenvalue weighted by Gasteiger charge is 2.52. The summed E-state index contributed by atoms with van der Waals surface area (Å²) >= 11 is 0.